The van der Waals surface area contributed by atoms with Crippen LogP contribution < -0.4 is 10.6 Å². The first kappa shape index (κ1) is 21.8. The minimum Gasteiger partial charge on any atom is -0.354 e. The fourth-order valence-corrected chi connectivity index (χ4v) is 4.35. The molecule has 1 saturated heterocycles. The molecule has 1 heterocycles. The van der Waals surface area contributed by atoms with Crippen molar-refractivity contribution in [2.24, 2.45) is 0 Å². The second-order valence-corrected chi connectivity index (χ2v) is 8.54. The van der Waals surface area contributed by atoms with Gasteiger partial charge in [-0.15, -0.1) is 0 Å². The molecule has 0 saturated carbocycles. The molecule has 0 aromatic heterocycles. The monoisotopic (exact) mass is 441 g/mol. The van der Waals surface area contributed by atoms with Crippen LogP contribution in [-0.2, 0) is 27.5 Å². The third-order valence-corrected chi connectivity index (χ3v) is 6.29. The normalized spacial score (nSPS) is 15.5. The molecular weight excluding hydrogens is 423 g/mol. The molecule has 0 spiro atoms. The third-order valence-electron chi connectivity index (χ3n) is 4.44. The zero-order valence-electron chi connectivity index (χ0n) is 15.6. The molecule has 160 valence electrons. The van der Waals surface area contributed by atoms with Crippen LogP contribution in [0.25, 0.3) is 0 Å². The minimum absolute atomic E-state index is 0.0320. The number of sulfonamides is 1. The highest BCUT2D eigenvalue weighted by Crippen LogP contribution is 2.29. The van der Waals surface area contributed by atoms with E-state index in [1.54, 1.807) is 0 Å². The Labute approximate surface area is 170 Å². The van der Waals surface area contributed by atoms with Gasteiger partial charge in [-0.3, -0.25) is 9.59 Å². The van der Waals surface area contributed by atoms with Crippen molar-refractivity contribution in [3.63, 3.8) is 0 Å². The van der Waals surface area contributed by atoms with Crippen molar-refractivity contribution in [3.05, 3.63) is 65.2 Å². The van der Waals surface area contributed by atoms with Crippen LogP contribution >= 0.6 is 0 Å². The fourth-order valence-electron chi connectivity index (χ4n) is 2.91. The number of alkyl halides is 3. The summed E-state index contributed by atoms with van der Waals surface area (Å²) in [6.45, 7) is -0.171. The maximum absolute atomic E-state index is 12.8. The van der Waals surface area contributed by atoms with Gasteiger partial charge in [0.2, 0.25) is 15.9 Å². The molecular formula is C19H18F3N3O4S. The van der Waals surface area contributed by atoms with Crippen molar-refractivity contribution < 1.29 is 31.2 Å². The van der Waals surface area contributed by atoms with E-state index in [1.165, 1.54) is 36.4 Å². The van der Waals surface area contributed by atoms with Gasteiger partial charge in [-0.1, -0.05) is 18.2 Å². The van der Waals surface area contributed by atoms with Crippen LogP contribution in [0.1, 0.15) is 21.5 Å². The van der Waals surface area contributed by atoms with Crippen molar-refractivity contribution in [1.82, 2.24) is 14.9 Å². The molecule has 0 radical (unpaired) electrons. The average molecular weight is 441 g/mol. The number of amides is 2. The van der Waals surface area contributed by atoms with Gasteiger partial charge in [0.05, 0.1) is 17.0 Å². The van der Waals surface area contributed by atoms with Gasteiger partial charge < -0.3 is 10.6 Å². The van der Waals surface area contributed by atoms with Crippen LogP contribution in [0.3, 0.4) is 0 Å². The largest absolute Gasteiger partial charge is 0.416 e. The molecule has 2 N–H and O–H groups in total. The van der Waals surface area contributed by atoms with Crippen molar-refractivity contribution >= 4 is 21.8 Å². The smallest absolute Gasteiger partial charge is 0.354 e. The Morgan fingerprint density at radius 1 is 1.13 bits per heavy atom. The maximum atomic E-state index is 12.8. The molecule has 0 aliphatic carbocycles. The van der Waals surface area contributed by atoms with Crippen LogP contribution in [0.5, 0.6) is 0 Å². The van der Waals surface area contributed by atoms with E-state index >= 15 is 0 Å². The summed E-state index contributed by atoms with van der Waals surface area (Å²) in [5.41, 5.74) is -0.543. The number of nitrogens with zero attached hydrogens (tertiary/aromatic N) is 1. The predicted octanol–water partition coefficient (Wildman–Crippen LogP) is 1.76. The quantitative estimate of drug-likeness (QED) is 0.739. The second kappa shape index (κ2) is 8.44. The molecule has 2 aromatic carbocycles. The maximum Gasteiger partial charge on any atom is 0.416 e. The topological polar surface area (TPSA) is 95.6 Å². The number of carbonyl (C=O) groups excluding carboxylic acids is 2. The van der Waals surface area contributed by atoms with E-state index < -0.39 is 33.6 Å². The Balaban J connectivity index is 1.73. The van der Waals surface area contributed by atoms with E-state index in [4.69, 9.17) is 0 Å². The lowest BCUT2D eigenvalue weighted by Gasteiger charge is -2.26. The summed E-state index contributed by atoms with van der Waals surface area (Å²) in [4.78, 5) is 23.7. The van der Waals surface area contributed by atoms with E-state index in [2.05, 4.69) is 10.6 Å². The molecule has 30 heavy (non-hydrogen) atoms. The Morgan fingerprint density at radius 2 is 1.87 bits per heavy atom. The summed E-state index contributed by atoms with van der Waals surface area (Å²) in [5.74, 6) is -1.05. The molecule has 0 atom stereocenters. The van der Waals surface area contributed by atoms with E-state index in [0.29, 0.717) is 0 Å². The van der Waals surface area contributed by atoms with Crippen LogP contribution in [0.2, 0.25) is 0 Å². The van der Waals surface area contributed by atoms with Gasteiger partial charge in [-0.05, 0) is 35.9 Å². The minimum atomic E-state index is -4.49. The molecule has 1 fully saturated rings. The lowest BCUT2D eigenvalue weighted by atomic mass is 10.1. The van der Waals surface area contributed by atoms with Gasteiger partial charge in [0.15, 0.2) is 0 Å². The summed E-state index contributed by atoms with van der Waals surface area (Å²) in [6, 6.07) is 9.81. The van der Waals surface area contributed by atoms with E-state index in [0.717, 1.165) is 16.4 Å². The Kier molecular flexibility index (Phi) is 6.13. The van der Waals surface area contributed by atoms with Crippen LogP contribution in [-0.4, -0.2) is 44.2 Å². The second-order valence-electron chi connectivity index (χ2n) is 6.60. The highest BCUT2D eigenvalue weighted by Gasteiger charge is 2.31. The standard InChI is InChI=1S/C19H18F3N3O4S/c20-19(21,22)15-5-1-3-13(9-15)11-24-18(27)14-4-2-6-16(10-14)30(28,29)25-8-7-23-17(26)12-25/h1-6,9-10H,7-8,11-12H2,(H,23,26)(H,24,27). The highest BCUT2D eigenvalue weighted by atomic mass is 32.2. The van der Waals surface area contributed by atoms with E-state index in [1.807, 2.05) is 0 Å². The summed E-state index contributed by atoms with van der Waals surface area (Å²) in [6.07, 6.45) is -4.49. The van der Waals surface area contributed by atoms with Crippen molar-refractivity contribution in [1.29, 1.82) is 0 Å². The summed E-state index contributed by atoms with van der Waals surface area (Å²) < 4.78 is 64.8. The summed E-state index contributed by atoms with van der Waals surface area (Å²) in [5, 5.41) is 5.01. The number of piperazine rings is 1. The van der Waals surface area contributed by atoms with Gasteiger partial charge in [-0.2, -0.15) is 17.5 Å². The number of hydrogen-bond donors (Lipinski definition) is 2. The number of rotatable bonds is 5. The predicted molar refractivity (Wildman–Crippen MR) is 101 cm³/mol. The molecule has 1 aliphatic heterocycles. The lowest BCUT2D eigenvalue weighted by Crippen LogP contribution is -2.49. The number of nitrogens with one attached hydrogen (secondary N) is 2. The Morgan fingerprint density at radius 3 is 2.57 bits per heavy atom. The third kappa shape index (κ3) is 4.97. The van der Waals surface area contributed by atoms with Gasteiger partial charge in [0.25, 0.3) is 5.91 Å². The molecule has 1 aliphatic rings. The lowest BCUT2D eigenvalue weighted by molar-refractivity contribution is -0.137. The Hall–Kier alpha value is -2.92. The molecule has 2 aromatic rings. The number of carbonyl (C=O) groups is 2. The SMILES string of the molecule is O=C1CN(S(=O)(=O)c2cccc(C(=O)NCc3cccc(C(F)(F)F)c3)c2)CCN1. The zero-order valence-corrected chi connectivity index (χ0v) is 16.4. The van der Waals surface area contributed by atoms with Crippen molar-refractivity contribution in [3.8, 4) is 0 Å². The zero-order chi connectivity index (χ0) is 21.9. The number of hydrogen-bond acceptors (Lipinski definition) is 4. The number of benzene rings is 2. The van der Waals surface area contributed by atoms with Gasteiger partial charge >= 0.3 is 6.18 Å². The first-order chi connectivity index (χ1) is 14.1. The average Bonchev–Trinajstić information content (AvgIpc) is 2.71. The molecule has 7 nitrogen and oxygen atoms in total. The van der Waals surface area contributed by atoms with Gasteiger partial charge in [-0.25, -0.2) is 8.42 Å². The molecule has 3 rings (SSSR count). The van der Waals surface area contributed by atoms with Crippen LogP contribution in [0.15, 0.2) is 53.4 Å². The van der Waals surface area contributed by atoms with Gasteiger partial charge in [0, 0.05) is 25.2 Å². The van der Waals surface area contributed by atoms with E-state index in [9.17, 15) is 31.2 Å². The van der Waals surface area contributed by atoms with Gasteiger partial charge in [0.1, 0.15) is 0 Å². The molecule has 2 amide bonds. The summed E-state index contributed by atoms with van der Waals surface area (Å²) in [7, 11) is -3.97. The van der Waals surface area contributed by atoms with Crippen molar-refractivity contribution in [2.45, 2.75) is 17.6 Å². The van der Waals surface area contributed by atoms with Crippen LogP contribution in [0, 0.1) is 0 Å². The van der Waals surface area contributed by atoms with E-state index in [-0.39, 0.29) is 42.2 Å². The first-order valence-electron chi connectivity index (χ1n) is 8.88. The first-order valence-corrected chi connectivity index (χ1v) is 10.3. The molecule has 0 unspecified atom stereocenters. The van der Waals surface area contributed by atoms with Crippen LogP contribution in [0.4, 0.5) is 13.2 Å². The summed E-state index contributed by atoms with van der Waals surface area (Å²) >= 11 is 0. The number of halogens is 3. The fraction of sp³-hybridized carbons (Fsp3) is 0.263. The molecule has 11 heteroatoms. The molecule has 0 bridgehead atoms. The highest BCUT2D eigenvalue weighted by molar-refractivity contribution is 7.89. The Bertz CT molecular complexity index is 1070. The van der Waals surface area contributed by atoms with Crippen molar-refractivity contribution in [2.75, 3.05) is 19.6 Å².